The van der Waals surface area contributed by atoms with Crippen LogP contribution in [-0.2, 0) is 14.9 Å². The molecule has 1 aliphatic rings. The largest absolute Gasteiger partial charge is 0.508 e. The van der Waals surface area contributed by atoms with Crippen molar-refractivity contribution in [2.45, 2.75) is 25.4 Å². The van der Waals surface area contributed by atoms with Gasteiger partial charge < -0.3 is 20.1 Å². The summed E-state index contributed by atoms with van der Waals surface area (Å²) >= 11 is 5.27. The zero-order valence-corrected chi connectivity index (χ0v) is 21.0. The Morgan fingerprint density at radius 2 is 1.34 bits per heavy atom. The Balaban J connectivity index is 0. The van der Waals surface area contributed by atoms with E-state index in [0.717, 1.165) is 23.8 Å². The molecular weight excluding hydrogens is 466 g/mol. The summed E-state index contributed by atoms with van der Waals surface area (Å²) in [5.74, 6) is 0.232. The molecule has 1 heterocycles. The number of hydrogen-bond donors (Lipinski definition) is 3. The van der Waals surface area contributed by atoms with Gasteiger partial charge in [-0.1, -0.05) is 76.6 Å². The average molecular weight is 500 g/mol. The summed E-state index contributed by atoms with van der Waals surface area (Å²) in [5.41, 5.74) is 2.10. The standard InChI is InChI=1S/C15H16O2.C4H6.C3H5ClO.C3H3N.C3H4O2/c1-15(2,11-3-7-13(16)8-4-11)12-5-9-14(17)10-6-12;1-3-4-2;4-1-3-2-5-3;1-2-3-4;1-2-3(4)5/h3-10,16-17H,1-2H3;3-4H,1-2H2;3H,1-2H2;2H,1H2;2H,1H2,(H,4,5). The molecule has 0 spiro atoms. The average Bonchev–Trinajstić information content (AvgIpc) is 3.70. The molecule has 3 rings (SSSR count). The first kappa shape index (κ1) is 33.4. The number of nitrogens with zero attached hydrogens (tertiary/aromatic N) is 1. The van der Waals surface area contributed by atoms with Gasteiger partial charge in [0.1, 0.15) is 11.5 Å². The number of hydrogen-bond acceptors (Lipinski definition) is 5. The van der Waals surface area contributed by atoms with Crippen LogP contribution in [0.3, 0.4) is 0 Å². The molecule has 0 bridgehead atoms. The van der Waals surface area contributed by atoms with Crippen LogP contribution in [0, 0.1) is 11.3 Å². The molecule has 188 valence electrons. The lowest BCUT2D eigenvalue weighted by atomic mass is 9.78. The van der Waals surface area contributed by atoms with Crippen molar-refractivity contribution < 1.29 is 24.9 Å². The topological polar surface area (TPSA) is 114 Å². The summed E-state index contributed by atoms with van der Waals surface area (Å²) in [7, 11) is 0. The van der Waals surface area contributed by atoms with Crippen molar-refractivity contribution in [2.24, 2.45) is 0 Å². The minimum Gasteiger partial charge on any atom is -0.508 e. The quantitative estimate of drug-likeness (QED) is 0.145. The Labute approximate surface area is 213 Å². The number of alkyl halides is 1. The van der Waals surface area contributed by atoms with Crippen molar-refractivity contribution in [3.05, 3.63) is 110 Å². The first-order chi connectivity index (χ1) is 16.5. The summed E-state index contributed by atoms with van der Waals surface area (Å²) in [4.78, 5) is 9.25. The summed E-state index contributed by atoms with van der Waals surface area (Å²) < 4.78 is 4.73. The number of carboxylic acid groups (broad SMARTS) is 1. The second-order valence-electron chi connectivity index (χ2n) is 7.18. The first-order valence-corrected chi connectivity index (χ1v) is 10.9. The smallest absolute Gasteiger partial charge is 0.327 e. The van der Waals surface area contributed by atoms with Crippen molar-refractivity contribution in [1.82, 2.24) is 0 Å². The molecule has 3 N–H and O–H groups in total. The number of rotatable bonds is 5. The van der Waals surface area contributed by atoms with Gasteiger partial charge in [-0.25, -0.2) is 4.79 Å². The first-order valence-electron chi connectivity index (χ1n) is 10.4. The van der Waals surface area contributed by atoms with Gasteiger partial charge in [0.2, 0.25) is 0 Å². The zero-order valence-electron chi connectivity index (χ0n) is 20.2. The molecule has 1 aliphatic heterocycles. The second-order valence-corrected chi connectivity index (χ2v) is 7.48. The van der Waals surface area contributed by atoms with Crippen LogP contribution in [-0.4, -0.2) is 39.9 Å². The highest BCUT2D eigenvalue weighted by Gasteiger charge is 2.22. The molecule has 1 unspecified atom stereocenters. The van der Waals surface area contributed by atoms with E-state index in [0.29, 0.717) is 12.0 Å². The van der Waals surface area contributed by atoms with E-state index in [-0.39, 0.29) is 16.9 Å². The number of benzene rings is 2. The molecule has 2 aromatic rings. The maximum absolute atomic E-state index is 9.30. The molecule has 0 aliphatic carbocycles. The van der Waals surface area contributed by atoms with E-state index in [4.69, 9.17) is 26.7 Å². The number of halogens is 1. The van der Waals surface area contributed by atoms with E-state index in [1.807, 2.05) is 24.3 Å². The van der Waals surface area contributed by atoms with Gasteiger partial charge in [0.05, 0.1) is 24.7 Å². The van der Waals surface area contributed by atoms with E-state index in [9.17, 15) is 15.0 Å². The number of ether oxygens (including phenoxy) is 1. The molecule has 35 heavy (non-hydrogen) atoms. The van der Waals surface area contributed by atoms with Crippen LogP contribution in [0.15, 0.2) is 99.2 Å². The minimum atomic E-state index is -0.981. The molecule has 0 aromatic heterocycles. The zero-order chi connectivity index (χ0) is 27.3. The monoisotopic (exact) mass is 499 g/mol. The fourth-order valence-electron chi connectivity index (χ4n) is 2.08. The number of nitriles is 1. The van der Waals surface area contributed by atoms with Crippen molar-refractivity contribution in [3.8, 4) is 17.6 Å². The minimum absolute atomic E-state index is 0.151. The number of allylic oxidation sites excluding steroid dienone is 3. The van der Waals surface area contributed by atoms with Gasteiger partial charge in [-0.15, -0.1) is 11.6 Å². The van der Waals surface area contributed by atoms with Crippen LogP contribution in [0.4, 0.5) is 0 Å². The molecule has 2 aromatic carbocycles. The number of carbonyl (C=O) groups is 1. The Bertz CT molecular complexity index is 887. The Hall–Kier alpha value is -3.79. The highest BCUT2D eigenvalue weighted by Crippen LogP contribution is 2.32. The second kappa shape index (κ2) is 19.7. The van der Waals surface area contributed by atoms with Gasteiger partial charge in [0.25, 0.3) is 0 Å². The van der Waals surface area contributed by atoms with Crippen molar-refractivity contribution >= 4 is 17.6 Å². The highest BCUT2D eigenvalue weighted by molar-refractivity contribution is 6.18. The predicted octanol–water partition coefficient (Wildman–Crippen LogP) is 6.36. The summed E-state index contributed by atoms with van der Waals surface area (Å²) in [6, 6.07) is 16.1. The number of aromatic hydroxyl groups is 2. The Morgan fingerprint density at radius 1 is 1.03 bits per heavy atom. The van der Waals surface area contributed by atoms with E-state index >= 15 is 0 Å². The Morgan fingerprint density at radius 3 is 1.49 bits per heavy atom. The lowest BCUT2D eigenvalue weighted by Crippen LogP contribution is -2.18. The normalized spacial score (nSPS) is 12.3. The lowest BCUT2D eigenvalue weighted by Gasteiger charge is -2.26. The van der Waals surface area contributed by atoms with E-state index in [1.54, 1.807) is 42.5 Å². The van der Waals surface area contributed by atoms with Crippen molar-refractivity contribution in [1.29, 1.82) is 5.26 Å². The molecule has 0 radical (unpaired) electrons. The molecular formula is C28H34ClNO5. The molecule has 0 amide bonds. The van der Waals surface area contributed by atoms with Gasteiger partial charge in [-0.05, 0) is 35.4 Å². The van der Waals surface area contributed by atoms with Gasteiger partial charge in [-0.2, -0.15) is 5.26 Å². The number of aliphatic carboxylic acids is 1. The number of phenols is 2. The number of epoxide rings is 1. The summed E-state index contributed by atoms with van der Waals surface area (Å²) in [6.45, 7) is 17.9. The maximum atomic E-state index is 9.30. The van der Waals surface area contributed by atoms with Crippen LogP contribution >= 0.6 is 11.6 Å². The predicted molar refractivity (Wildman–Crippen MR) is 143 cm³/mol. The third kappa shape index (κ3) is 17.4. The van der Waals surface area contributed by atoms with Gasteiger partial charge >= 0.3 is 5.97 Å². The fraction of sp³-hybridized carbons (Fsp3) is 0.214. The van der Waals surface area contributed by atoms with E-state index < -0.39 is 5.97 Å². The van der Waals surface area contributed by atoms with Gasteiger partial charge in [0.15, 0.2) is 0 Å². The van der Waals surface area contributed by atoms with Crippen LogP contribution < -0.4 is 0 Å². The molecule has 7 heteroatoms. The molecule has 0 saturated carbocycles. The Kier molecular flexibility index (Phi) is 18.8. The third-order valence-corrected chi connectivity index (χ3v) is 4.53. The van der Waals surface area contributed by atoms with Crippen LogP contribution in [0.1, 0.15) is 25.0 Å². The van der Waals surface area contributed by atoms with Gasteiger partial charge in [0, 0.05) is 17.6 Å². The molecule has 6 nitrogen and oxygen atoms in total. The van der Waals surface area contributed by atoms with Crippen LogP contribution in [0.25, 0.3) is 0 Å². The molecule has 1 saturated heterocycles. The van der Waals surface area contributed by atoms with Crippen LogP contribution in [0.5, 0.6) is 11.5 Å². The SMILES string of the molecule is C=CC#N.C=CC(=O)O.C=CC=C.CC(C)(c1ccc(O)cc1)c1ccc(O)cc1.ClCC1CO1. The fourth-order valence-corrected chi connectivity index (χ4v) is 2.26. The summed E-state index contributed by atoms with van der Waals surface area (Å²) in [6.07, 6.45) is 5.69. The lowest BCUT2D eigenvalue weighted by molar-refractivity contribution is -0.131. The molecule has 1 atom stereocenters. The van der Waals surface area contributed by atoms with Gasteiger partial charge in [-0.3, -0.25) is 0 Å². The molecule has 1 fully saturated rings. The number of carboxylic acids is 1. The number of phenolic OH excluding ortho intramolecular Hbond substituents is 2. The third-order valence-electron chi connectivity index (χ3n) is 4.19. The van der Waals surface area contributed by atoms with Crippen LogP contribution in [0.2, 0.25) is 0 Å². The van der Waals surface area contributed by atoms with Crippen molar-refractivity contribution in [3.63, 3.8) is 0 Å². The summed E-state index contributed by atoms with van der Waals surface area (Å²) in [5, 5.41) is 33.7. The van der Waals surface area contributed by atoms with E-state index in [1.165, 1.54) is 6.08 Å². The maximum Gasteiger partial charge on any atom is 0.327 e. The highest BCUT2D eigenvalue weighted by atomic mass is 35.5. The van der Waals surface area contributed by atoms with Crippen molar-refractivity contribution in [2.75, 3.05) is 12.5 Å². The van der Waals surface area contributed by atoms with E-state index in [2.05, 4.69) is 40.2 Å².